The lowest BCUT2D eigenvalue weighted by Crippen LogP contribution is -2.53. The first-order chi connectivity index (χ1) is 19.5. The van der Waals surface area contributed by atoms with Crippen LogP contribution in [-0.4, -0.2) is 39.0 Å². The fourth-order valence-electron chi connectivity index (χ4n) is 7.50. The van der Waals surface area contributed by atoms with Crippen molar-refractivity contribution >= 4 is 49.5 Å². The Kier molecular flexibility index (Phi) is 5.20. The Balaban J connectivity index is 1.39. The number of carbonyl (C=O) groups excluding carboxylic acids is 1. The Labute approximate surface area is 231 Å². The first-order valence-electron chi connectivity index (χ1n) is 14.4. The van der Waals surface area contributed by atoms with E-state index in [0.29, 0.717) is 19.6 Å². The van der Waals surface area contributed by atoms with Crippen molar-refractivity contribution in [2.24, 2.45) is 0 Å². The number of hydrogen-bond donors (Lipinski definition) is 2. The summed E-state index contributed by atoms with van der Waals surface area (Å²) in [5, 5.41) is 19.5. The van der Waals surface area contributed by atoms with Crippen LogP contribution >= 0.6 is 0 Å². The lowest BCUT2D eigenvalue weighted by molar-refractivity contribution is -0.331. The Morgan fingerprint density at radius 1 is 1.00 bits per heavy atom. The van der Waals surface area contributed by atoms with E-state index in [2.05, 4.69) is 45.6 Å². The Hall–Kier alpha value is -3.43. The number of ether oxygens (including phenoxy) is 1. The number of benzene rings is 3. The molecule has 0 spiro atoms. The molecule has 1 amide bonds. The van der Waals surface area contributed by atoms with Crippen molar-refractivity contribution in [3.63, 3.8) is 0 Å². The summed E-state index contributed by atoms with van der Waals surface area (Å²) in [7, 11) is 0. The summed E-state index contributed by atoms with van der Waals surface area (Å²) in [6, 6.07) is 16.4. The standard InChI is InChI=1S/C32H33N3O5/c1-3-4-5-10-15-38-39-18-32(37)16-24-34-22-13-8-6-11-19(22)26-27-21(17-33-30(27)36)25-20-12-7-9-14-23(20)35(29(25)28(26)34)31(32,2)40-24/h6-9,11-14,24,37H,3-5,10,15-18H2,1-2H3,(H,33,36)/t24?,31-,32?/m1/s1. The van der Waals surface area contributed by atoms with Crippen molar-refractivity contribution in [2.45, 2.75) is 70.1 Å². The molecular weight excluding hydrogens is 506 g/mol. The van der Waals surface area contributed by atoms with Gasteiger partial charge in [-0.2, -0.15) is 0 Å². The highest BCUT2D eigenvalue weighted by molar-refractivity contribution is 6.31. The second kappa shape index (κ2) is 8.54. The van der Waals surface area contributed by atoms with Crippen LogP contribution in [0.15, 0.2) is 48.5 Å². The fraction of sp³-hybridized carbons (Fsp3) is 0.406. The fourth-order valence-corrected chi connectivity index (χ4v) is 7.50. The minimum atomic E-state index is -1.38. The molecule has 3 atom stereocenters. The Morgan fingerprint density at radius 3 is 2.55 bits per heavy atom. The molecule has 8 nitrogen and oxygen atoms in total. The summed E-state index contributed by atoms with van der Waals surface area (Å²) in [4.78, 5) is 24.6. The van der Waals surface area contributed by atoms with E-state index < -0.39 is 17.6 Å². The molecule has 2 bridgehead atoms. The van der Waals surface area contributed by atoms with E-state index in [9.17, 15) is 9.90 Å². The van der Waals surface area contributed by atoms with Crippen molar-refractivity contribution in [1.29, 1.82) is 0 Å². The van der Waals surface area contributed by atoms with Crippen LogP contribution in [0.4, 0.5) is 0 Å². The highest BCUT2D eigenvalue weighted by atomic mass is 17.2. The number of amides is 1. The number of carbonyl (C=O) groups is 1. The van der Waals surface area contributed by atoms with Crippen molar-refractivity contribution in [3.8, 4) is 0 Å². The molecule has 2 aromatic heterocycles. The smallest absolute Gasteiger partial charge is 0.252 e. The van der Waals surface area contributed by atoms with Gasteiger partial charge in [0.2, 0.25) is 0 Å². The lowest BCUT2D eigenvalue weighted by atomic mass is 9.89. The van der Waals surface area contributed by atoms with Crippen LogP contribution in [0.1, 0.15) is 68.1 Å². The molecular formula is C32H33N3O5. The summed E-state index contributed by atoms with van der Waals surface area (Å²) in [6.07, 6.45) is 4.19. The number of para-hydroxylation sites is 2. The van der Waals surface area contributed by atoms with E-state index in [-0.39, 0.29) is 12.5 Å². The number of aromatic nitrogens is 2. The molecule has 40 heavy (non-hydrogen) atoms. The van der Waals surface area contributed by atoms with Crippen molar-refractivity contribution in [1.82, 2.24) is 14.5 Å². The van der Waals surface area contributed by atoms with Crippen LogP contribution in [0.3, 0.4) is 0 Å². The number of fused-ring (bicyclic) bond motifs is 13. The normalized spacial score (nSPS) is 25.1. The molecule has 3 aliphatic heterocycles. The molecule has 5 heterocycles. The molecule has 0 saturated carbocycles. The topological polar surface area (TPSA) is 86.9 Å². The van der Waals surface area contributed by atoms with Crippen LogP contribution in [-0.2, 0) is 26.8 Å². The van der Waals surface area contributed by atoms with E-state index >= 15 is 0 Å². The Morgan fingerprint density at radius 2 is 1.75 bits per heavy atom. The third-order valence-corrected chi connectivity index (χ3v) is 9.43. The van der Waals surface area contributed by atoms with E-state index in [1.54, 1.807) is 0 Å². The summed E-state index contributed by atoms with van der Waals surface area (Å²) in [5.74, 6) is -0.0424. The molecule has 5 aromatic rings. The van der Waals surface area contributed by atoms with Crippen LogP contribution in [0.25, 0.3) is 43.6 Å². The number of hydrogen-bond acceptors (Lipinski definition) is 5. The molecule has 0 aliphatic carbocycles. The lowest BCUT2D eigenvalue weighted by Gasteiger charge is -2.39. The van der Waals surface area contributed by atoms with Gasteiger partial charge < -0.3 is 24.3 Å². The molecule has 2 unspecified atom stereocenters. The zero-order valence-corrected chi connectivity index (χ0v) is 22.8. The first-order valence-corrected chi connectivity index (χ1v) is 14.4. The van der Waals surface area contributed by atoms with E-state index in [1.165, 1.54) is 6.42 Å². The highest BCUT2D eigenvalue weighted by Crippen LogP contribution is 2.57. The molecule has 1 fully saturated rings. The number of aliphatic hydroxyl groups is 1. The highest BCUT2D eigenvalue weighted by Gasteiger charge is 2.61. The van der Waals surface area contributed by atoms with Crippen molar-refractivity contribution in [2.75, 3.05) is 13.2 Å². The van der Waals surface area contributed by atoms with E-state index in [1.807, 2.05) is 31.2 Å². The predicted molar refractivity (Wildman–Crippen MR) is 153 cm³/mol. The molecule has 1 saturated heterocycles. The summed E-state index contributed by atoms with van der Waals surface area (Å²) in [5.41, 5.74) is 3.11. The van der Waals surface area contributed by atoms with Gasteiger partial charge in [0.15, 0.2) is 5.72 Å². The minimum Gasteiger partial charge on any atom is -0.382 e. The number of unbranched alkanes of at least 4 members (excludes halogenated alkanes) is 3. The maximum absolute atomic E-state index is 13.3. The summed E-state index contributed by atoms with van der Waals surface area (Å²) in [6.45, 7) is 5.07. The van der Waals surface area contributed by atoms with Gasteiger partial charge in [-0.05, 0) is 31.0 Å². The third kappa shape index (κ3) is 2.97. The molecule has 8 rings (SSSR count). The van der Waals surface area contributed by atoms with Gasteiger partial charge in [-0.3, -0.25) is 4.79 Å². The van der Waals surface area contributed by atoms with E-state index in [0.717, 1.165) is 74.0 Å². The van der Waals surface area contributed by atoms with Gasteiger partial charge in [0.05, 0.1) is 34.2 Å². The van der Waals surface area contributed by atoms with Crippen LogP contribution in [0.2, 0.25) is 0 Å². The summed E-state index contributed by atoms with van der Waals surface area (Å²) < 4.78 is 11.3. The molecule has 3 aromatic carbocycles. The third-order valence-electron chi connectivity index (χ3n) is 9.43. The average molecular weight is 540 g/mol. The largest absolute Gasteiger partial charge is 0.382 e. The SMILES string of the molecule is CCCCCCOOCC1(O)CC2O[C@@]1(C)n1c3ccccc3c3c4c(c5c6ccccc6n2c5c31)C(=O)NC4. The zero-order valence-electron chi connectivity index (χ0n) is 22.8. The van der Waals surface area contributed by atoms with E-state index in [4.69, 9.17) is 14.5 Å². The van der Waals surface area contributed by atoms with Crippen LogP contribution < -0.4 is 5.32 Å². The maximum Gasteiger partial charge on any atom is 0.252 e. The van der Waals surface area contributed by atoms with Gasteiger partial charge in [-0.25, -0.2) is 9.78 Å². The predicted octanol–water partition coefficient (Wildman–Crippen LogP) is 6.01. The summed E-state index contributed by atoms with van der Waals surface area (Å²) >= 11 is 0. The van der Waals surface area contributed by atoms with Gasteiger partial charge in [0, 0.05) is 34.5 Å². The Bertz CT molecular complexity index is 1850. The van der Waals surface area contributed by atoms with Crippen LogP contribution in [0.5, 0.6) is 0 Å². The second-order valence-electron chi connectivity index (χ2n) is 11.7. The molecule has 8 heteroatoms. The molecule has 3 aliphatic rings. The van der Waals surface area contributed by atoms with Gasteiger partial charge in [0.1, 0.15) is 18.4 Å². The molecule has 206 valence electrons. The number of nitrogens with one attached hydrogen (secondary N) is 1. The van der Waals surface area contributed by atoms with Crippen LogP contribution in [0, 0.1) is 0 Å². The molecule has 2 N–H and O–H groups in total. The zero-order chi connectivity index (χ0) is 27.2. The van der Waals surface area contributed by atoms with Crippen molar-refractivity contribution < 1.29 is 24.4 Å². The number of rotatable bonds is 8. The number of nitrogens with zero attached hydrogens (tertiary/aromatic N) is 2. The minimum absolute atomic E-state index is 0.0234. The second-order valence-corrected chi connectivity index (χ2v) is 11.7. The van der Waals surface area contributed by atoms with Gasteiger partial charge in [-0.15, -0.1) is 0 Å². The maximum atomic E-state index is 13.3. The average Bonchev–Trinajstić information content (AvgIpc) is 3.65. The molecule has 0 radical (unpaired) electrons. The van der Waals surface area contributed by atoms with Crippen molar-refractivity contribution in [3.05, 3.63) is 59.7 Å². The van der Waals surface area contributed by atoms with Gasteiger partial charge in [-0.1, -0.05) is 62.6 Å². The quantitative estimate of drug-likeness (QED) is 0.143. The first kappa shape index (κ1) is 24.4. The van der Waals surface area contributed by atoms with Gasteiger partial charge >= 0.3 is 0 Å². The van der Waals surface area contributed by atoms with Gasteiger partial charge in [0.25, 0.3) is 5.91 Å². The monoisotopic (exact) mass is 539 g/mol.